The molecule has 2 aliphatic rings. The summed E-state index contributed by atoms with van der Waals surface area (Å²) in [5.41, 5.74) is 0.572. The van der Waals surface area contributed by atoms with Crippen molar-refractivity contribution < 1.29 is 33.6 Å². The third-order valence-electron chi connectivity index (χ3n) is 6.75. The maximum absolute atomic E-state index is 14.7. The lowest BCUT2D eigenvalue weighted by atomic mass is 9.87. The molecule has 0 aromatic heterocycles. The molecular weight excluding hydrogens is 418 g/mol. The van der Waals surface area contributed by atoms with Crippen molar-refractivity contribution in [3.8, 4) is 5.75 Å². The number of aromatic carboxylic acids is 1. The summed E-state index contributed by atoms with van der Waals surface area (Å²) in [6, 6.07) is 9.11. The first-order valence-corrected chi connectivity index (χ1v) is 10.8. The van der Waals surface area contributed by atoms with Gasteiger partial charge in [0, 0.05) is 24.2 Å². The Bertz CT molecular complexity index is 1040. The normalized spacial score (nSPS) is 26.7. The van der Waals surface area contributed by atoms with Gasteiger partial charge in [0.25, 0.3) is 0 Å². The van der Waals surface area contributed by atoms with Crippen molar-refractivity contribution in [3.63, 3.8) is 0 Å². The zero-order valence-electron chi connectivity index (χ0n) is 17.6. The molecule has 0 spiro atoms. The van der Waals surface area contributed by atoms with Gasteiger partial charge < -0.3 is 20.1 Å². The fourth-order valence-electron chi connectivity index (χ4n) is 4.88. The second-order valence-corrected chi connectivity index (χ2v) is 8.65. The standard InChI is InChI=1S/C25H26F2O5/c1-13(15-4-2-3-5-19(15)26)20(28)11-10-16-17-8-6-14-7-9-18(25(30)31)23(27)24(14)32-22(17)12-21(16)29/h2-5,7,9-11,13,16-17,20-22,28-29H,6,8,12H2,1H3,(H,30,31)/b11-10+/t13-,16-,17-,20?,21-,22+/m1/s1. The lowest BCUT2D eigenvalue weighted by Crippen LogP contribution is -2.24. The average Bonchev–Trinajstić information content (AvgIpc) is 2.93. The van der Waals surface area contributed by atoms with Crippen LogP contribution in [0.15, 0.2) is 48.6 Å². The molecule has 0 saturated heterocycles. The number of halogens is 2. The van der Waals surface area contributed by atoms with Gasteiger partial charge in [-0.2, -0.15) is 0 Å². The molecule has 1 unspecified atom stereocenters. The summed E-state index contributed by atoms with van der Waals surface area (Å²) < 4.78 is 34.7. The monoisotopic (exact) mass is 444 g/mol. The maximum atomic E-state index is 14.7. The Balaban J connectivity index is 1.52. The van der Waals surface area contributed by atoms with E-state index in [1.54, 1.807) is 43.3 Å². The molecule has 1 heterocycles. The first kappa shape index (κ1) is 22.4. The Hall–Kier alpha value is -2.77. The predicted octanol–water partition coefficient (Wildman–Crippen LogP) is 4.07. The molecule has 4 rings (SSSR count). The summed E-state index contributed by atoms with van der Waals surface area (Å²) in [6.45, 7) is 1.73. The van der Waals surface area contributed by atoms with Gasteiger partial charge in [-0.15, -0.1) is 0 Å². The molecule has 2 aromatic rings. The molecule has 0 radical (unpaired) electrons. The van der Waals surface area contributed by atoms with Gasteiger partial charge in [-0.3, -0.25) is 0 Å². The number of carboxylic acids is 1. The first-order chi connectivity index (χ1) is 15.3. The van der Waals surface area contributed by atoms with Crippen LogP contribution in [-0.4, -0.2) is 39.6 Å². The highest BCUT2D eigenvalue weighted by Gasteiger charge is 2.44. The zero-order chi connectivity index (χ0) is 23.0. The fraction of sp³-hybridized carbons (Fsp3) is 0.400. The van der Waals surface area contributed by atoms with Crippen molar-refractivity contribution in [2.24, 2.45) is 11.8 Å². The van der Waals surface area contributed by atoms with E-state index in [2.05, 4.69) is 0 Å². The van der Waals surface area contributed by atoms with Crippen LogP contribution in [0.2, 0.25) is 0 Å². The number of carboxylic acid groups (broad SMARTS) is 1. The summed E-state index contributed by atoms with van der Waals surface area (Å²) in [7, 11) is 0. The summed E-state index contributed by atoms with van der Waals surface area (Å²) >= 11 is 0. The largest absolute Gasteiger partial charge is 0.487 e. The first-order valence-electron chi connectivity index (χ1n) is 10.8. The minimum atomic E-state index is -1.36. The number of aliphatic hydroxyl groups is 2. The third-order valence-corrected chi connectivity index (χ3v) is 6.75. The molecule has 2 aromatic carbocycles. The SMILES string of the molecule is C[C@H](c1ccccc1F)C(O)/C=C/[C@@H]1[C@H]2CCc3ccc(C(=O)O)c(F)c3O[C@H]2C[C@H]1O. The Morgan fingerprint density at radius 3 is 2.69 bits per heavy atom. The second-order valence-electron chi connectivity index (χ2n) is 8.65. The maximum Gasteiger partial charge on any atom is 0.338 e. The Labute approximate surface area is 185 Å². The number of rotatable bonds is 5. The number of ether oxygens (including phenoxy) is 1. The molecular formula is C25H26F2O5. The molecule has 170 valence electrons. The van der Waals surface area contributed by atoms with Crippen LogP contribution in [0, 0.1) is 23.5 Å². The van der Waals surface area contributed by atoms with Gasteiger partial charge >= 0.3 is 5.97 Å². The van der Waals surface area contributed by atoms with Crippen LogP contribution in [0.4, 0.5) is 8.78 Å². The van der Waals surface area contributed by atoms with Crippen LogP contribution in [0.3, 0.4) is 0 Å². The predicted molar refractivity (Wildman–Crippen MR) is 114 cm³/mol. The quantitative estimate of drug-likeness (QED) is 0.605. The van der Waals surface area contributed by atoms with Gasteiger partial charge in [-0.25, -0.2) is 13.6 Å². The van der Waals surface area contributed by atoms with Crippen LogP contribution in [-0.2, 0) is 6.42 Å². The van der Waals surface area contributed by atoms with Crippen molar-refractivity contribution in [1.82, 2.24) is 0 Å². The van der Waals surface area contributed by atoms with Crippen molar-refractivity contribution in [2.45, 2.75) is 50.4 Å². The Kier molecular flexibility index (Phi) is 6.31. The van der Waals surface area contributed by atoms with Crippen LogP contribution >= 0.6 is 0 Å². The highest BCUT2D eigenvalue weighted by molar-refractivity contribution is 5.88. The molecule has 0 bridgehead atoms. The van der Waals surface area contributed by atoms with Crippen LogP contribution < -0.4 is 4.74 Å². The van der Waals surface area contributed by atoms with E-state index in [4.69, 9.17) is 4.74 Å². The van der Waals surface area contributed by atoms with E-state index in [1.165, 1.54) is 12.1 Å². The fourth-order valence-corrected chi connectivity index (χ4v) is 4.88. The average molecular weight is 444 g/mol. The highest BCUT2D eigenvalue weighted by atomic mass is 19.1. The molecule has 1 saturated carbocycles. The van der Waals surface area contributed by atoms with Crippen molar-refractivity contribution >= 4 is 5.97 Å². The van der Waals surface area contributed by atoms with E-state index in [0.29, 0.717) is 24.0 Å². The summed E-state index contributed by atoms with van der Waals surface area (Å²) in [5, 5.41) is 30.4. The molecule has 0 amide bonds. The molecule has 32 heavy (non-hydrogen) atoms. The highest BCUT2D eigenvalue weighted by Crippen LogP contribution is 2.43. The molecule has 1 aliphatic heterocycles. The van der Waals surface area contributed by atoms with Crippen LogP contribution in [0.5, 0.6) is 5.75 Å². The smallest absolute Gasteiger partial charge is 0.338 e. The van der Waals surface area contributed by atoms with E-state index in [1.807, 2.05) is 0 Å². The molecule has 7 heteroatoms. The summed E-state index contributed by atoms with van der Waals surface area (Å²) in [4.78, 5) is 11.3. The van der Waals surface area contributed by atoms with Crippen molar-refractivity contribution in [3.05, 3.63) is 76.9 Å². The minimum Gasteiger partial charge on any atom is -0.487 e. The van der Waals surface area contributed by atoms with Crippen LogP contribution in [0.25, 0.3) is 0 Å². The van der Waals surface area contributed by atoms with E-state index in [0.717, 1.165) is 0 Å². The van der Waals surface area contributed by atoms with E-state index in [9.17, 15) is 28.9 Å². The van der Waals surface area contributed by atoms with Gasteiger partial charge in [0.05, 0.1) is 17.8 Å². The molecule has 3 N–H and O–H groups in total. The second kappa shape index (κ2) is 9.00. The van der Waals surface area contributed by atoms with E-state index >= 15 is 0 Å². The van der Waals surface area contributed by atoms with Gasteiger partial charge in [0.2, 0.25) is 0 Å². The summed E-state index contributed by atoms with van der Waals surface area (Å²) in [6.07, 6.45) is 2.54. The Morgan fingerprint density at radius 2 is 1.97 bits per heavy atom. The number of benzene rings is 2. The zero-order valence-corrected chi connectivity index (χ0v) is 17.6. The number of fused-ring (bicyclic) bond motifs is 2. The van der Waals surface area contributed by atoms with E-state index < -0.39 is 41.6 Å². The molecule has 1 aliphatic carbocycles. The summed E-state index contributed by atoms with van der Waals surface area (Å²) in [5.74, 6) is -3.61. The number of hydrogen-bond donors (Lipinski definition) is 3. The number of hydrogen-bond acceptors (Lipinski definition) is 4. The van der Waals surface area contributed by atoms with Gasteiger partial charge in [0.15, 0.2) is 11.6 Å². The molecule has 6 atom stereocenters. The third kappa shape index (κ3) is 4.14. The van der Waals surface area contributed by atoms with Gasteiger partial charge in [-0.1, -0.05) is 43.3 Å². The van der Waals surface area contributed by atoms with Gasteiger partial charge in [0.1, 0.15) is 11.9 Å². The van der Waals surface area contributed by atoms with Crippen LogP contribution in [0.1, 0.15) is 47.2 Å². The molecule has 5 nitrogen and oxygen atoms in total. The number of aliphatic hydroxyl groups excluding tert-OH is 2. The van der Waals surface area contributed by atoms with Gasteiger partial charge in [-0.05, 0) is 36.1 Å². The lowest BCUT2D eigenvalue weighted by Gasteiger charge is -2.22. The lowest BCUT2D eigenvalue weighted by molar-refractivity contribution is 0.0688. The molecule has 1 fully saturated rings. The van der Waals surface area contributed by atoms with Crippen molar-refractivity contribution in [1.29, 1.82) is 0 Å². The number of carbonyl (C=O) groups is 1. The number of aryl methyl sites for hydroxylation is 1. The minimum absolute atomic E-state index is 0.0533. The topological polar surface area (TPSA) is 87.0 Å². The Morgan fingerprint density at radius 1 is 1.22 bits per heavy atom. The van der Waals surface area contributed by atoms with Crippen molar-refractivity contribution in [2.75, 3.05) is 0 Å². The van der Waals surface area contributed by atoms with E-state index in [-0.39, 0.29) is 29.8 Å².